The highest BCUT2D eigenvalue weighted by molar-refractivity contribution is 5.91. The molecule has 1 aliphatic rings. The second-order valence-corrected chi connectivity index (χ2v) is 5.62. The molecule has 1 aliphatic carbocycles. The SMILES string of the molecule is COc1cccc(C2(C#N)C(C)=C(C#N)c3cc(OC)ccc32)c1. The fourth-order valence-corrected chi connectivity index (χ4v) is 3.36. The Balaban J connectivity index is 2.36. The number of fused-ring (bicyclic) bond motifs is 1. The van der Waals surface area contributed by atoms with Gasteiger partial charge in [-0.15, -0.1) is 0 Å². The zero-order chi connectivity index (χ0) is 17.3. The van der Waals surface area contributed by atoms with Crippen LogP contribution in [0.2, 0.25) is 0 Å². The highest BCUT2D eigenvalue weighted by Gasteiger charge is 2.45. The summed E-state index contributed by atoms with van der Waals surface area (Å²) < 4.78 is 10.6. The molecule has 0 saturated heterocycles. The molecule has 0 fully saturated rings. The minimum Gasteiger partial charge on any atom is -0.497 e. The highest BCUT2D eigenvalue weighted by Crippen LogP contribution is 2.51. The van der Waals surface area contributed by atoms with Gasteiger partial charge in [-0.2, -0.15) is 10.5 Å². The first kappa shape index (κ1) is 15.6. The Morgan fingerprint density at radius 1 is 0.958 bits per heavy atom. The largest absolute Gasteiger partial charge is 0.497 e. The van der Waals surface area contributed by atoms with Crippen LogP contribution in [0.5, 0.6) is 11.5 Å². The summed E-state index contributed by atoms with van der Waals surface area (Å²) in [5.74, 6) is 1.34. The predicted octanol–water partition coefficient (Wildman–Crippen LogP) is 3.82. The number of nitrogens with zero attached hydrogens (tertiary/aromatic N) is 2. The summed E-state index contributed by atoms with van der Waals surface area (Å²) in [5.41, 5.74) is 2.59. The Morgan fingerprint density at radius 3 is 2.29 bits per heavy atom. The molecule has 1 unspecified atom stereocenters. The van der Waals surface area contributed by atoms with Gasteiger partial charge in [-0.3, -0.25) is 0 Å². The molecular formula is C20H16N2O2. The van der Waals surface area contributed by atoms with E-state index in [1.807, 2.05) is 49.4 Å². The highest BCUT2D eigenvalue weighted by atomic mass is 16.5. The summed E-state index contributed by atoms with van der Waals surface area (Å²) in [7, 11) is 3.17. The molecule has 0 aliphatic heterocycles. The molecule has 0 heterocycles. The molecule has 118 valence electrons. The van der Waals surface area contributed by atoms with Crippen molar-refractivity contribution in [1.82, 2.24) is 0 Å². The molecule has 3 rings (SSSR count). The van der Waals surface area contributed by atoms with Crippen molar-refractivity contribution >= 4 is 5.57 Å². The molecule has 0 radical (unpaired) electrons. The van der Waals surface area contributed by atoms with Gasteiger partial charge in [0, 0.05) is 5.56 Å². The topological polar surface area (TPSA) is 66.0 Å². The Bertz CT molecular complexity index is 931. The summed E-state index contributed by atoms with van der Waals surface area (Å²) in [6, 6.07) is 17.6. The second kappa shape index (κ2) is 5.76. The van der Waals surface area contributed by atoms with Gasteiger partial charge in [-0.1, -0.05) is 18.2 Å². The lowest BCUT2D eigenvalue weighted by Crippen LogP contribution is -2.25. The van der Waals surface area contributed by atoms with Gasteiger partial charge in [0.25, 0.3) is 0 Å². The minimum absolute atomic E-state index is 0.522. The second-order valence-electron chi connectivity index (χ2n) is 5.62. The van der Waals surface area contributed by atoms with Crippen LogP contribution in [-0.4, -0.2) is 14.2 Å². The number of ether oxygens (including phenoxy) is 2. The van der Waals surface area contributed by atoms with Crippen LogP contribution >= 0.6 is 0 Å². The molecule has 24 heavy (non-hydrogen) atoms. The number of hydrogen-bond donors (Lipinski definition) is 0. The lowest BCUT2D eigenvalue weighted by molar-refractivity contribution is 0.413. The van der Waals surface area contributed by atoms with Gasteiger partial charge in [0.1, 0.15) is 16.9 Å². The number of allylic oxidation sites excluding steroid dienone is 2. The lowest BCUT2D eigenvalue weighted by Gasteiger charge is -2.26. The molecule has 4 heteroatoms. The van der Waals surface area contributed by atoms with E-state index in [1.54, 1.807) is 14.2 Å². The number of rotatable bonds is 3. The maximum atomic E-state index is 10.1. The van der Waals surface area contributed by atoms with Crippen LogP contribution in [0.4, 0.5) is 0 Å². The van der Waals surface area contributed by atoms with E-state index < -0.39 is 5.41 Å². The Labute approximate surface area is 141 Å². The van der Waals surface area contributed by atoms with Crippen LogP contribution in [0, 0.1) is 22.7 Å². The number of benzene rings is 2. The maximum absolute atomic E-state index is 10.1. The summed E-state index contributed by atoms with van der Waals surface area (Å²) in [4.78, 5) is 0. The van der Waals surface area contributed by atoms with E-state index in [9.17, 15) is 10.5 Å². The van der Waals surface area contributed by atoms with E-state index in [1.165, 1.54) is 0 Å². The summed E-state index contributed by atoms with van der Waals surface area (Å²) in [6.45, 7) is 1.84. The quantitative estimate of drug-likeness (QED) is 0.863. The monoisotopic (exact) mass is 316 g/mol. The molecule has 0 N–H and O–H groups in total. The third-order valence-electron chi connectivity index (χ3n) is 4.62. The summed E-state index contributed by atoms with van der Waals surface area (Å²) in [5, 5.41) is 19.8. The molecule has 2 aromatic carbocycles. The van der Waals surface area contributed by atoms with Crippen LogP contribution in [0.25, 0.3) is 5.57 Å². The first-order valence-electron chi connectivity index (χ1n) is 7.48. The van der Waals surface area contributed by atoms with Crippen molar-refractivity contribution in [3.8, 4) is 23.6 Å². The van der Waals surface area contributed by atoms with E-state index in [-0.39, 0.29) is 0 Å². The maximum Gasteiger partial charge on any atom is 0.130 e. The van der Waals surface area contributed by atoms with Crippen LogP contribution in [0.1, 0.15) is 23.6 Å². The first-order chi connectivity index (χ1) is 11.6. The Hall–Kier alpha value is -3.24. The van der Waals surface area contributed by atoms with Gasteiger partial charge < -0.3 is 9.47 Å². The van der Waals surface area contributed by atoms with Gasteiger partial charge in [-0.25, -0.2) is 0 Å². The fourth-order valence-electron chi connectivity index (χ4n) is 3.36. The van der Waals surface area contributed by atoms with E-state index in [2.05, 4.69) is 12.1 Å². The van der Waals surface area contributed by atoms with E-state index in [0.717, 1.165) is 22.3 Å². The van der Waals surface area contributed by atoms with Gasteiger partial charge in [-0.05, 0) is 47.9 Å². The van der Waals surface area contributed by atoms with Crippen molar-refractivity contribution in [2.75, 3.05) is 14.2 Å². The summed E-state index contributed by atoms with van der Waals surface area (Å²) >= 11 is 0. The zero-order valence-corrected chi connectivity index (χ0v) is 13.8. The molecule has 0 spiro atoms. The van der Waals surface area contributed by atoms with Crippen LogP contribution in [0.3, 0.4) is 0 Å². The lowest BCUT2D eigenvalue weighted by atomic mass is 9.73. The standard InChI is InChI=1S/C20H16N2O2/c1-13-18(11-21)17-10-16(24-3)7-8-19(17)20(13,12-22)14-5-4-6-15(9-14)23-2/h4-10H,1-3H3. The van der Waals surface area contributed by atoms with Gasteiger partial charge in [0.2, 0.25) is 0 Å². The van der Waals surface area contributed by atoms with Crippen molar-refractivity contribution in [2.45, 2.75) is 12.3 Å². The average Bonchev–Trinajstić information content (AvgIpc) is 2.88. The molecule has 0 amide bonds. The molecule has 1 atom stereocenters. The molecule has 0 saturated carbocycles. The predicted molar refractivity (Wildman–Crippen MR) is 90.6 cm³/mol. The van der Waals surface area contributed by atoms with Crippen LogP contribution in [-0.2, 0) is 5.41 Å². The fraction of sp³-hybridized carbons (Fsp3) is 0.200. The third kappa shape index (κ3) is 1.97. The third-order valence-corrected chi connectivity index (χ3v) is 4.62. The molecule has 0 aromatic heterocycles. The van der Waals surface area contributed by atoms with Crippen molar-refractivity contribution in [1.29, 1.82) is 10.5 Å². The zero-order valence-electron chi connectivity index (χ0n) is 13.8. The average molecular weight is 316 g/mol. The van der Waals surface area contributed by atoms with E-state index in [0.29, 0.717) is 17.1 Å². The van der Waals surface area contributed by atoms with Gasteiger partial charge in [0.05, 0.1) is 31.9 Å². The number of methoxy groups -OCH3 is 2. The number of hydrogen-bond acceptors (Lipinski definition) is 4. The first-order valence-corrected chi connectivity index (χ1v) is 7.48. The van der Waals surface area contributed by atoms with Crippen molar-refractivity contribution in [3.05, 3.63) is 64.7 Å². The minimum atomic E-state index is -0.999. The summed E-state index contributed by atoms with van der Waals surface area (Å²) in [6.07, 6.45) is 0. The van der Waals surface area contributed by atoms with Gasteiger partial charge >= 0.3 is 0 Å². The normalized spacial score (nSPS) is 18.5. The van der Waals surface area contributed by atoms with Crippen LogP contribution in [0.15, 0.2) is 48.0 Å². The molecular weight excluding hydrogens is 300 g/mol. The molecule has 2 aromatic rings. The van der Waals surface area contributed by atoms with Crippen molar-refractivity contribution < 1.29 is 9.47 Å². The van der Waals surface area contributed by atoms with E-state index >= 15 is 0 Å². The van der Waals surface area contributed by atoms with Crippen LogP contribution < -0.4 is 9.47 Å². The Morgan fingerprint density at radius 2 is 1.67 bits per heavy atom. The van der Waals surface area contributed by atoms with Gasteiger partial charge in [0.15, 0.2) is 0 Å². The molecule has 0 bridgehead atoms. The van der Waals surface area contributed by atoms with E-state index in [4.69, 9.17) is 9.47 Å². The smallest absolute Gasteiger partial charge is 0.130 e. The number of nitriles is 2. The molecule has 4 nitrogen and oxygen atoms in total. The van der Waals surface area contributed by atoms with Crippen molar-refractivity contribution in [2.24, 2.45) is 0 Å². The van der Waals surface area contributed by atoms with Crippen molar-refractivity contribution in [3.63, 3.8) is 0 Å². The Kier molecular flexibility index (Phi) is 3.75.